The van der Waals surface area contributed by atoms with Crippen LogP contribution in [-0.4, -0.2) is 9.97 Å². The van der Waals surface area contributed by atoms with Gasteiger partial charge >= 0.3 is 12.4 Å². The lowest BCUT2D eigenvalue weighted by Crippen LogP contribution is -2.06. The zero-order valence-corrected chi connectivity index (χ0v) is 12.7. The zero-order valence-electron chi connectivity index (χ0n) is 12.0. The largest absolute Gasteiger partial charge is 0.456 e. The monoisotopic (exact) mass is 380 g/mol. The first-order chi connectivity index (χ1) is 11.5. The Morgan fingerprint density at radius 1 is 0.960 bits per heavy atom. The summed E-state index contributed by atoms with van der Waals surface area (Å²) in [5.74, 6) is -1.49. The number of aromatic amines is 1. The minimum atomic E-state index is -4.67. The molecule has 1 N–H and O–H groups in total. The van der Waals surface area contributed by atoms with Gasteiger partial charge in [0.1, 0.15) is 11.5 Å². The van der Waals surface area contributed by atoms with Crippen molar-refractivity contribution in [1.82, 2.24) is 9.97 Å². The fourth-order valence-corrected chi connectivity index (χ4v) is 2.29. The van der Waals surface area contributed by atoms with Crippen molar-refractivity contribution in [2.24, 2.45) is 0 Å². The molecule has 0 fully saturated rings. The van der Waals surface area contributed by atoms with Gasteiger partial charge < -0.3 is 9.72 Å². The summed E-state index contributed by atoms with van der Waals surface area (Å²) in [6, 6.07) is 6.29. The molecule has 132 valence electrons. The van der Waals surface area contributed by atoms with Crippen LogP contribution >= 0.6 is 11.6 Å². The number of imidazole rings is 1. The summed E-state index contributed by atoms with van der Waals surface area (Å²) in [6.07, 6.45) is -9.23. The van der Waals surface area contributed by atoms with Crippen LogP contribution in [-0.2, 0) is 12.4 Å². The second-order valence-corrected chi connectivity index (χ2v) is 5.42. The molecule has 0 radical (unpaired) electrons. The first-order valence-corrected chi connectivity index (χ1v) is 7.03. The fraction of sp³-hybridized carbons (Fsp3) is 0.133. The molecule has 0 bridgehead atoms. The number of ether oxygens (including phenoxy) is 1. The Balaban J connectivity index is 1.98. The van der Waals surface area contributed by atoms with Crippen molar-refractivity contribution in [3.8, 4) is 11.5 Å². The van der Waals surface area contributed by atoms with E-state index in [2.05, 4.69) is 9.97 Å². The molecule has 3 rings (SSSR count). The Morgan fingerprint density at radius 3 is 2.32 bits per heavy atom. The van der Waals surface area contributed by atoms with Gasteiger partial charge in [0.15, 0.2) is 0 Å². The van der Waals surface area contributed by atoms with Crippen molar-refractivity contribution in [3.63, 3.8) is 0 Å². The molecule has 0 unspecified atom stereocenters. The lowest BCUT2D eigenvalue weighted by Gasteiger charge is -2.11. The van der Waals surface area contributed by atoms with Crippen LogP contribution < -0.4 is 4.74 Å². The highest BCUT2D eigenvalue weighted by Crippen LogP contribution is 2.37. The number of rotatable bonds is 2. The number of H-pyrrole nitrogens is 1. The molecular weight excluding hydrogens is 374 g/mol. The summed E-state index contributed by atoms with van der Waals surface area (Å²) in [4.78, 5) is 5.46. The minimum absolute atomic E-state index is 0.0220. The van der Waals surface area contributed by atoms with E-state index in [0.717, 1.165) is 30.3 Å². The van der Waals surface area contributed by atoms with E-state index in [1.165, 1.54) is 6.07 Å². The molecule has 3 aromatic rings. The summed E-state index contributed by atoms with van der Waals surface area (Å²) in [7, 11) is 0. The van der Waals surface area contributed by atoms with Crippen molar-refractivity contribution in [2.75, 3.05) is 0 Å². The second kappa shape index (κ2) is 5.83. The van der Waals surface area contributed by atoms with Gasteiger partial charge in [-0.1, -0.05) is 17.7 Å². The number of halogens is 7. The van der Waals surface area contributed by atoms with Crippen LogP contribution in [0.3, 0.4) is 0 Å². The number of aromatic nitrogens is 2. The van der Waals surface area contributed by atoms with Gasteiger partial charge in [-0.25, -0.2) is 4.98 Å². The smallest absolute Gasteiger partial charge is 0.449 e. The highest BCUT2D eigenvalue weighted by Gasteiger charge is 2.35. The van der Waals surface area contributed by atoms with Crippen LogP contribution in [0.4, 0.5) is 26.3 Å². The lowest BCUT2D eigenvalue weighted by atomic mass is 10.2. The highest BCUT2D eigenvalue weighted by atomic mass is 35.5. The standard InChI is InChI=1S/C15H7ClF6N2O/c16-9-5-10-11(24-13(23-10)15(20,21)22)6-12(9)25-8-3-1-2-7(4-8)14(17,18)19/h1-6H,(H,23,24). The molecule has 0 amide bonds. The molecule has 3 nitrogen and oxygen atoms in total. The van der Waals surface area contributed by atoms with Gasteiger partial charge in [0, 0.05) is 6.07 Å². The molecule has 0 aliphatic rings. The third-order valence-electron chi connectivity index (χ3n) is 3.19. The van der Waals surface area contributed by atoms with E-state index in [1.807, 2.05) is 0 Å². The van der Waals surface area contributed by atoms with Crippen LogP contribution in [0.1, 0.15) is 11.4 Å². The molecule has 1 heterocycles. The summed E-state index contributed by atoms with van der Waals surface area (Å²) in [5.41, 5.74) is -0.992. The third-order valence-corrected chi connectivity index (χ3v) is 3.49. The number of fused-ring (bicyclic) bond motifs is 1. The number of hydrogen-bond acceptors (Lipinski definition) is 2. The first kappa shape index (κ1) is 17.4. The van der Waals surface area contributed by atoms with Gasteiger partial charge in [-0.2, -0.15) is 26.3 Å². The van der Waals surface area contributed by atoms with Gasteiger partial charge in [-0.05, 0) is 24.3 Å². The molecular formula is C15H7ClF6N2O. The number of hydrogen-bond donors (Lipinski definition) is 1. The Hall–Kier alpha value is -2.42. The molecule has 25 heavy (non-hydrogen) atoms. The summed E-state index contributed by atoms with van der Waals surface area (Å²) < 4.78 is 81.4. The van der Waals surface area contributed by atoms with Gasteiger partial charge in [-0.15, -0.1) is 0 Å². The minimum Gasteiger partial charge on any atom is -0.456 e. The van der Waals surface area contributed by atoms with Crippen LogP contribution in [0.25, 0.3) is 11.0 Å². The molecule has 0 aliphatic carbocycles. The van der Waals surface area contributed by atoms with Gasteiger partial charge in [0.2, 0.25) is 5.82 Å². The van der Waals surface area contributed by atoms with E-state index in [0.29, 0.717) is 0 Å². The van der Waals surface area contributed by atoms with Crippen LogP contribution in [0.2, 0.25) is 5.02 Å². The molecule has 0 spiro atoms. The van der Waals surface area contributed by atoms with Crippen molar-refractivity contribution < 1.29 is 31.1 Å². The van der Waals surface area contributed by atoms with Crippen molar-refractivity contribution in [1.29, 1.82) is 0 Å². The van der Waals surface area contributed by atoms with Crippen molar-refractivity contribution in [3.05, 3.63) is 52.8 Å². The van der Waals surface area contributed by atoms with E-state index in [1.54, 1.807) is 0 Å². The Kier molecular flexibility index (Phi) is 4.06. The Bertz CT molecular complexity index is 932. The normalized spacial score (nSPS) is 12.6. The SMILES string of the molecule is FC(F)(F)c1cccc(Oc2cc3nc(C(F)(F)F)[nH]c3cc2Cl)c1. The predicted molar refractivity (Wildman–Crippen MR) is 77.6 cm³/mol. The number of nitrogens with zero attached hydrogens (tertiary/aromatic N) is 1. The van der Waals surface area contributed by atoms with Crippen LogP contribution in [0.5, 0.6) is 11.5 Å². The molecule has 2 aromatic carbocycles. The Morgan fingerprint density at radius 2 is 1.68 bits per heavy atom. The molecule has 0 atom stereocenters. The number of benzene rings is 2. The van der Waals surface area contributed by atoms with Gasteiger partial charge in [-0.3, -0.25) is 0 Å². The number of alkyl halides is 6. The maximum Gasteiger partial charge on any atom is 0.449 e. The van der Waals surface area contributed by atoms with E-state index in [4.69, 9.17) is 16.3 Å². The third kappa shape index (κ3) is 3.65. The van der Waals surface area contributed by atoms with E-state index in [-0.39, 0.29) is 27.6 Å². The lowest BCUT2D eigenvalue weighted by molar-refractivity contribution is -0.144. The maximum atomic E-state index is 12.7. The summed E-state index contributed by atoms with van der Waals surface area (Å²) in [5, 5.41) is -0.0812. The zero-order chi connectivity index (χ0) is 18.4. The van der Waals surface area contributed by atoms with E-state index < -0.39 is 23.7 Å². The summed E-state index contributed by atoms with van der Waals surface area (Å²) >= 11 is 5.93. The average molecular weight is 381 g/mol. The maximum absolute atomic E-state index is 12.7. The summed E-state index contributed by atoms with van der Waals surface area (Å²) in [6.45, 7) is 0. The molecule has 1 aromatic heterocycles. The van der Waals surface area contributed by atoms with E-state index in [9.17, 15) is 26.3 Å². The van der Waals surface area contributed by atoms with Crippen molar-refractivity contribution >= 4 is 22.6 Å². The molecule has 0 saturated heterocycles. The molecule has 0 aliphatic heterocycles. The molecule has 10 heteroatoms. The number of nitrogens with one attached hydrogen (secondary N) is 1. The van der Waals surface area contributed by atoms with Gasteiger partial charge in [0.25, 0.3) is 0 Å². The Labute approximate surface area is 141 Å². The fourth-order valence-electron chi connectivity index (χ4n) is 2.09. The molecule has 0 saturated carbocycles. The quantitative estimate of drug-likeness (QED) is 0.550. The highest BCUT2D eigenvalue weighted by molar-refractivity contribution is 6.32. The van der Waals surface area contributed by atoms with Crippen LogP contribution in [0.15, 0.2) is 36.4 Å². The van der Waals surface area contributed by atoms with E-state index >= 15 is 0 Å². The first-order valence-electron chi connectivity index (χ1n) is 6.65. The van der Waals surface area contributed by atoms with Crippen molar-refractivity contribution in [2.45, 2.75) is 12.4 Å². The predicted octanol–water partition coefficient (Wildman–Crippen LogP) is 6.05. The second-order valence-electron chi connectivity index (χ2n) is 5.01. The average Bonchev–Trinajstić information content (AvgIpc) is 2.90. The van der Waals surface area contributed by atoms with Crippen LogP contribution in [0, 0.1) is 0 Å². The topological polar surface area (TPSA) is 37.9 Å². The van der Waals surface area contributed by atoms with Gasteiger partial charge in [0.05, 0.1) is 21.6 Å².